The number of anilines is 1. The quantitative estimate of drug-likeness (QED) is 0.631. The SMILES string of the molecule is OC(CNc1cccc(F)n1)COc1cccc(C(F)(F)F)c1. The molecule has 2 N–H and O–H groups in total. The number of alkyl halides is 3. The molecule has 0 spiro atoms. The van der Waals surface area contributed by atoms with Crippen LogP contribution in [0.15, 0.2) is 42.5 Å². The number of hydrogen-bond donors (Lipinski definition) is 2. The van der Waals surface area contributed by atoms with E-state index < -0.39 is 23.8 Å². The Bertz CT molecular complexity index is 649. The highest BCUT2D eigenvalue weighted by Gasteiger charge is 2.30. The van der Waals surface area contributed by atoms with Gasteiger partial charge in [-0.3, -0.25) is 0 Å². The van der Waals surface area contributed by atoms with Gasteiger partial charge in [0, 0.05) is 6.54 Å². The highest BCUT2D eigenvalue weighted by atomic mass is 19.4. The van der Waals surface area contributed by atoms with E-state index in [2.05, 4.69) is 10.3 Å². The molecule has 0 bridgehead atoms. The van der Waals surface area contributed by atoms with Gasteiger partial charge in [-0.05, 0) is 30.3 Å². The third-order valence-corrected chi connectivity index (χ3v) is 2.84. The molecule has 1 atom stereocenters. The van der Waals surface area contributed by atoms with E-state index in [4.69, 9.17) is 4.74 Å². The minimum Gasteiger partial charge on any atom is -0.491 e. The summed E-state index contributed by atoms with van der Waals surface area (Å²) in [5, 5.41) is 12.4. The standard InChI is InChI=1S/C15H14F4N2O2/c16-13-5-2-6-14(21-13)20-8-11(22)9-23-12-4-1-3-10(7-12)15(17,18)19/h1-7,11,22H,8-9H2,(H,20,21). The Kier molecular flexibility index (Phi) is 5.38. The van der Waals surface area contributed by atoms with E-state index in [1.807, 2.05) is 0 Å². The van der Waals surface area contributed by atoms with Crippen molar-refractivity contribution in [2.75, 3.05) is 18.5 Å². The minimum absolute atomic E-state index is 0.00255. The Morgan fingerprint density at radius 1 is 1.17 bits per heavy atom. The maximum absolute atomic E-state index is 12.9. The lowest BCUT2D eigenvalue weighted by Gasteiger charge is -2.14. The number of benzene rings is 1. The van der Waals surface area contributed by atoms with Gasteiger partial charge in [0.1, 0.15) is 24.3 Å². The van der Waals surface area contributed by atoms with E-state index >= 15 is 0 Å². The summed E-state index contributed by atoms with van der Waals surface area (Å²) in [6, 6.07) is 8.52. The normalized spacial score (nSPS) is 12.7. The van der Waals surface area contributed by atoms with E-state index in [0.29, 0.717) is 0 Å². The van der Waals surface area contributed by atoms with E-state index in [9.17, 15) is 22.7 Å². The summed E-state index contributed by atoms with van der Waals surface area (Å²) in [6.07, 6.45) is -5.46. The number of rotatable bonds is 6. The Labute approximate surface area is 129 Å². The molecule has 1 aromatic carbocycles. The zero-order valence-corrected chi connectivity index (χ0v) is 11.8. The van der Waals surface area contributed by atoms with Crippen LogP contribution in [-0.4, -0.2) is 29.3 Å². The van der Waals surface area contributed by atoms with Crippen LogP contribution in [0.4, 0.5) is 23.4 Å². The van der Waals surface area contributed by atoms with E-state index in [1.165, 1.54) is 30.3 Å². The molecule has 1 unspecified atom stereocenters. The second kappa shape index (κ2) is 7.28. The number of hydrogen-bond acceptors (Lipinski definition) is 4. The highest BCUT2D eigenvalue weighted by Crippen LogP contribution is 2.31. The fourth-order valence-electron chi connectivity index (χ4n) is 1.74. The molecule has 124 valence electrons. The average molecular weight is 330 g/mol. The molecular weight excluding hydrogens is 316 g/mol. The molecule has 2 aromatic rings. The molecule has 0 aliphatic carbocycles. The van der Waals surface area contributed by atoms with Crippen LogP contribution >= 0.6 is 0 Å². The van der Waals surface area contributed by atoms with Crippen LogP contribution in [0.3, 0.4) is 0 Å². The van der Waals surface area contributed by atoms with E-state index in [-0.39, 0.29) is 24.7 Å². The molecule has 0 aliphatic rings. The fourth-order valence-corrected chi connectivity index (χ4v) is 1.74. The number of pyridine rings is 1. The largest absolute Gasteiger partial charge is 0.491 e. The number of aliphatic hydroxyl groups excluding tert-OH is 1. The van der Waals surface area contributed by atoms with Gasteiger partial charge in [0.2, 0.25) is 5.95 Å². The average Bonchev–Trinajstić information content (AvgIpc) is 2.50. The Hall–Kier alpha value is -2.35. The lowest BCUT2D eigenvalue weighted by atomic mass is 10.2. The molecule has 0 saturated carbocycles. The van der Waals surface area contributed by atoms with Crippen molar-refractivity contribution in [2.24, 2.45) is 0 Å². The Morgan fingerprint density at radius 3 is 2.61 bits per heavy atom. The van der Waals surface area contributed by atoms with Crippen molar-refractivity contribution in [3.63, 3.8) is 0 Å². The summed E-state index contributed by atoms with van der Waals surface area (Å²) < 4.78 is 55.7. The molecule has 0 saturated heterocycles. The Balaban J connectivity index is 1.83. The summed E-state index contributed by atoms with van der Waals surface area (Å²) in [6.45, 7) is -0.209. The van der Waals surface area contributed by atoms with E-state index in [0.717, 1.165) is 12.1 Å². The van der Waals surface area contributed by atoms with Crippen LogP contribution in [-0.2, 0) is 6.18 Å². The maximum Gasteiger partial charge on any atom is 0.416 e. The first-order chi connectivity index (χ1) is 10.8. The van der Waals surface area contributed by atoms with Crippen molar-refractivity contribution in [1.82, 2.24) is 4.98 Å². The first-order valence-electron chi connectivity index (χ1n) is 6.69. The van der Waals surface area contributed by atoms with Gasteiger partial charge in [-0.1, -0.05) is 12.1 Å². The number of nitrogens with one attached hydrogen (secondary N) is 1. The first kappa shape index (κ1) is 17.0. The number of ether oxygens (including phenoxy) is 1. The smallest absolute Gasteiger partial charge is 0.416 e. The van der Waals surface area contributed by atoms with Crippen LogP contribution in [0, 0.1) is 5.95 Å². The molecule has 0 amide bonds. The highest BCUT2D eigenvalue weighted by molar-refractivity contribution is 5.33. The molecule has 0 radical (unpaired) electrons. The summed E-state index contributed by atoms with van der Waals surface area (Å²) in [7, 11) is 0. The third kappa shape index (κ3) is 5.41. The van der Waals surface area contributed by atoms with E-state index in [1.54, 1.807) is 0 Å². The summed E-state index contributed by atoms with van der Waals surface area (Å²) in [5.41, 5.74) is -0.827. The van der Waals surface area contributed by atoms with Crippen molar-refractivity contribution in [3.05, 3.63) is 54.0 Å². The van der Waals surface area contributed by atoms with Gasteiger partial charge in [-0.25, -0.2) is 4.98 Å². The topological polar surface area (TPSA) is 54.4 Å². The summed E-state index contributed by atoms with van der Waals surface area (Å²) in [5.74, 6) is -0.421. The zero-order chi connectivity index (χ0) is 16.9. The Morgan fingerprint density at radius 2 is 1.91 bits per heavy atom. The van der Waals surface area contributed by atoms with Crippen molar-refractivity contribution in [3.8, 4) is 5.75 Å². The number of halogens is 4. The molecule has 0 fully saturated rings. The summed E-state index contributed by atoms with van der Waals surface area (Å²) >= 11 is 0. The van der Waals surface area contributed by atoms with Crippen LogP contribution < -0.4 is 10.1 Å². The van der Waals surface area contributed by atoms with Gasteiger partial charge in [0.25, 0.3) is 0 Å². The van der Waals surface area contributed by atoms with Crippen LogP contribution in [0.2, 0.25) is 0 Å². The summed E-state index contributed by atoms with van der Waals surface area (Å²) in [4.78, 5) is 3.55. The number of nitrogens with zero attached hydrogens (tertiary/aromatic N) is 1. The molecule has 0 aliphatic heterocycles. The van der Waals surface area contributed by atoms with Crippen molar-refractivity contribution in [2.45, 2.75) is 12.3 Å². The predicted octanol–water partition coefficient (Wildman–Crippen LogP) is 3.09. The molecule has 1 heterocycles. The van der Waals surface area contributed by atoms with Gasteiger partial charge in [-0.15, -0.1) is 0 Å². The van der Waals surface area contributed by atoms with Crippen LogP contribution in [0.25, 0.3) is 0 Å². The van der Waals surface area contributed by atoms with Gasteiger partial charge < -0.3 is 15.2 Å². The molecule has 23 heavy (non-hydrogen) atoms. The molecule has 8 heteroatoms. The fraction of sp³-hybridized carbons (Fsp3) is 0.267. The van der Waals surface area contributed by atoms with Crippen LogP contribution in [0.1, 0.15) is 5.56 Å². The molecule has 1 aromatic heterocycles. The zero-order valence-electron chi connectivity index (χ0n) is 11.8. The predicted molar refractivity (Wildman–Crippen MR) is 75.6 cm³/mol. The number of aliphatic hydroxyl groups is 1. The second-order valence-electron chi connectivity index (χ2n) is 4.72. The lowest BCUT2D eigenvalue weighted by Crippen LogP contribution is -2.26. The third-order valence-electron chi connectivity index (χ3n) is 2.84. The van der Waals surface area contributed by atoms with Crippen LogP contribution in [0.5, 0.6) is 5.75 Å². The van der Waals surface area contributed by atoms with Gasteiger partial charge in [0.15, 0.2) is 0 Å². The molecular formula is C15H14F4N2O2. The van der Waals surface area contributed by atoms with Crippen molar-refractivity contribution < 1.29 is 27.4 Å². The molecule has 4 nitrogen and oxygen atoms in total. The van der Waals surface area contributed by atoms with Crippen molar-refractivity contribution in [1.29, 1.82) is 0 Å². The van der Waals surface area contributed by atoms with Gasteiger partial charge in [0.05, 0.1) is 5.56 Å². The lowest BCUT2D eigenvalue weighted by molar-refractivity contribution is -0.137. The minimum atomic E-state index is -4.46. The monoisotopic (exact) mass is 330 g/mol. The van der Waals surface area contributed by atoms with Crippen molar-refractivity contribution >= 4 is 5.82 Å². The van der Waals surface area contributed by atoms with Gasteiger partial charge in [-0.2, -0.15) is 17.6 Å². The molecule has 2 rings (SSSR count). The number of aromatic nitrogens is 1. The van der Waals surface area contributed by atoms with Gasteiger partial charge >= 0.3 is 6.18 Å². The second-order valence-corrected chi connectivity index (χ2v) is 4.72. The maximum atomic E-state index is 12.9. The first-order valence-corrected chi connectivity index (χ1v) is 6.69.